The van der Waals surface area contributed by atoms with Crippen LogP contribution in [0.4, 0.5) is 11.4 Å². The Bertz CT molecular complexity index is 812. The molecule has 7 heteroatoms. The average Bonchev–Trinajstić information content (AvgIpc) is 2.53. The molecule has 0 fully saturated rings. The van der Waals surface area contributed by atoms with Crippen molar-refractivity contribution in [2.24, 2.45) is 0 Å². The van der Waals surface area contributed by atoms with Crippen molar-refractivity contribution in [3.63, 3.8) is 0 Å². The van der Waals surface area contributed by atoms with Crippen molar-refractivity contribution in [3.05, 3.63) is 52.5 Å². The molecule has 0 aliphatic carbocycles. The fraction of sp³-hybridized carbons (Fsp3) is 0.125. The molecule has 1 unspecified atom stereocenters. The van der Waals surface area contributed by atoms with Crippen LogP contribution in [-0.4, -0.2) is 16.6 Å². The number of thioether (sulfide) groups is 1. The Labute approximate surface area is 147 Å². The van der Waals surface area contributed by atoms with Gasteiger partial charge >= 0.3 is 0 Å². The van der Waals surface area contributed by atoms with E-state index in [0.717, 1.165) is 4.90 Å². The van der Waals surface area contributed by atoms with E-state index < -0.39 is 10.7 Å². The molecule has 0 radical (unpaired) electrons. The summed E-state index contributed by atoms with van der Waals surface area (Å²) in [5, 5.41) is 6.03. The molecule has 118 valence electrons. The van der Waals surface area contributed by atoms with Gasteiger partial charge in [-0.25, -0.2) is 0 Å². The number of rotatable bonds is 2. The van der Waals surface area contributed by atoms with Gasteiger partial charge in [0.1, 0.15) is 0 Å². The lowest BCUT2D eigenvalue weighted by Crippen LogP contribution is -2.49. The maximum absolute atomic E-state index is 12.7. The van der Waals surface area contributed by atoms with E-state index in [1.165, 1.54) is 11.8 Å². The molecule has 0 saturated carbocycles. The molecule has 1 atom stereocenters. The van der Waals surface area contributed by atoms with Gasteiger partial charge in [-0.3, -0.25) is 9.59 Å². The Morgan fingerprint density at radius 3 is 2.70 bits per heavy atom. The van der Waals surface area contributed by atoms with Crippen molar-refractivity contribution in [3.8, 4) is 0 Å². The van der Waals surface area contributed by atoms with Gasteiger partial charge in [-0.2, -0.15) is 0 Å². The van der Waals surface area contributed by atoms with E-state index in [1.54, 1.807) is 31.2 Å². The van der Waals surface area contributed by atoms with Crippen molar-refractivity contribution in [2.45, 2.75) is 16.6 Å². The Hall–Kier alpha value is -1.69. The summed E-state index contributed by atoms with van der Waals surface area (Å²) in [7, 11) is 0. The zero-order valence-corrected chi connectivity index (χ0v) is 14.4. The molecular weight excluding hydrogens is 355 g/mol. The van der Waals surface area contributed by atoms with Crippen molar-refractivity contribution in [2.75, 3.05) is 10.6 Å². The SMILES string of the molecule is CC1(C(=O)Nc2cccc(Cl)c2Cl)Sc2ccccc2NC1=O. The first-order valence-electron chi connectivity index (χ1n) is 6.77. The molecule has 0 spiro atoms. The smallest absolute Gasteiger partial charge is 0.250 e. The first-order valence-corrected chi connectivity index (χ1v) is 8.34. The highest BCUT2D eigenvalue weighted by Crippen LogP contribution is 2.43. The first kappa shape index (κ1) is 16.2. The number of amides is 2. The fourth-order valence-electron chi connectivity index (χ4n) is 2.16. The fourth-order valence-corrected chi connectivity index (χ4v) is 3.61. The summed E-state index contributed by atoms with van der Waals surface area (Å²) >= 11 is 13.2. The van der Waals surface area contributed by atoms with Crippen LogP contribution in [0.2, 0.25) is 10.0 Å². The third kappa shape index (κ3) is 2.92. The van der Waals surface area contributed by atoms with Gasteiger partial charge in [-0.05, 0) is 31.2 Å². The normalized spacial score (nSPS) is 19.7. The molecule has 3 rings (SSSR count). The van der Waals surface area contributed by atoms with Crippen LogP contribution < -0.4 is 10.6 Å². The van der Waals surface area contributed by atoms with E-state index in [0.29, 0.717) is 16.4 Å². The molecular formula is C16H12Cl2N2O2S. The van der Waals surface area contributed by atoms with Crippen LogP contribution in [0.3, 0.4) is 0 Å². The lowest BCUT2D eigenvalue weighted by Gasteiger charge is -2.31. The van der Waals surface area contributed by atoms with Gasteiger partial charge in [-0.1, -0.05) is 53.2 Å². The van der Waals surface area contributed by atoms with Gasteiger partial charge < -0.3 is 10.6 Å². The quantitative estimate of drug-likeness (QED) is 0.772. The summed E-state index contributed by atoms with van der Waals surface area (Å²) in [6.45, 7) is 1.58. The van der Waals surface area contributed by atoms with Crippen LogP contribution >= 0.6 is 35.0 Å². The van der Waals surface area contributed by atoms with E-state index in [9.17, 15) is 9.59 Å². The van der Waals surface area contributed by atoms with E-state index in [-0.39, 0.29) is 10.9 Å². The number of para-hydroxylation sites is 1. The number of halogens is 2. The van der Waals surface area contributed by atoms with Crippen LogP contribution in [0.15, 0.2) is 47.4 Å². The molecule has 2 N–H and O–H groups in total. The minimum Gasteiger partial charge on any atom is -0.323 e. The van der Waals surface area contributed by atoms with Gasteiger partial charge in [0, 0.05) is 4.90 Å². The summed E-state index contributed by atoms with van der Waals surface area (Å²) < 4.78 is -1.31. The molecule has 1 heterocycles. The average molecular weight is 367 g/mol. The molecule has 23 heavy (non-hydrogen) atoms. The van der Waals surface area contributed by atoms with Crippen molar-refractivity contribution >= 4 is 58.2 Å². The Kier molecular flexibility index (Phi) is 4.27. The van der Waals surface area contributed by atoms with Gasteiger partial charge in [-0.15, -0.1) is 0 Å². The predicted molar refractivity (Wildman–Crippen MR) is 94.4 cm³/mol. The second kappa shape index (κ2) is 6.07. The second-order valence-corrected chi connectivity index (χ2v) is 7.39. The molecule has 0 saturated heterocycles. The van der Waals surface area contributed by atoms with Crippen molar-refractivity contribution in [1.29, 1.82) is 0 Å². The first-order chi connectivity index (χ1) is 10.9. The van der Waals surface area contributed by atoms with Crippen LogP contribution in [0.5, 0.6) is 0 Å². The molecule has 2 amide bonds. The van der Waals surface area contributed by atoms with Crippen LogP contribution in [-0.2, 0) is 9.59 Å². The Balaban J connectivity index is 1.90. The molecule has 0 aromatic heterocycles. The van der Waals surface area contributed by atoms with Crippen LogP contribution in [0.1, 0.15) is 6.92 Å². The zero-order valence-electron chi connectivity index (χ0n) is 12.0. The molecule has 1 aliphatic heterocycles. The van der Waals surface area contributed by atoms with Gasteiger partial charge in [0.2, 0.25) is 11.8 Å². The van der Waals surface area contributed by atoms with E-state index >= 15 is 0 Å². The summed E-state index contributed by atoms with van der Waals surface area (Å²) in [6, 6.07) is 12.3. The molecule has 2 aromatic rings. The third-order valence-electron chi connectivity index (χ3n) is 3.52. The minimum atomic E-state index is -1.31. The van der Waals surface area contributed by atoms with Crippen LogP contribution in [0, 0.1) is 0 Å². The lowest BCUT2D eigenvalue weighted by atomic mass is 10.1. The van der Waals surface area contributed by atoms with Gasteiger partial charge in [0.15, 0.2) is 4.75 Å². The Morgan fingerprint density at radius 2 is 1.91 bits per heavy atom. The summed E-state index contributed by atoms with van der Waals surface area (Å²) in [5.74, 6) is -0.837. The number of benzene rings is 2. The number of nitrogens with one attached hydrogen (secondary N) is 2. The Morgan fingerprint density at radius 1 is 1.17 bits per heavy atom. The molecule has 2 aromatic carbocycles. The number of carbonyl (C=O) groups is 2. The monoisotopic (exact) mass is 366 g/mol. The number of fused-ring (bicyclic) bond motifs is 1. The highest BCUT2D eigenvalue weighted by molar-refractivity contribution is 8.02. The highest BCUT2D eigenvalue weighted by Gasteiger charge is 2.46. The topological polar surface area (TPSA) is 58.2 Å². The van der Waals surface area contributed by atoms with Crippen molar-refractivity contribution in [1.82, 2.24) is 0 Å². The van der Waals surface area contributed by atoms with E-state index in [4.69, 9.17) is 23.2 Å². The van der Waals surface area contributed by atoms with Gasteiger partial charge in [0.25, 0.3) is 0 Å². The molecule has 4 nitrogen and oxygen atoms in total. The largest absolute Gasteiger partial charge is 0.323 e. The zero-order chi connectivity index (χ0) is 16.6. The lowest BCUT2D eigenvalue weighted by molar-refractivity contribution is -0.126. The highest BCUT2D eigenvalue weighted by atomic mass is 35.5. The number of hydrogen-bond donors (Lipinski definition) is 2. The standard InChI is InChI=1S/C16H12Cl2N2O2S/c1-16(14(21)19-10-6-2-3-8-12(10)23-16)15(22)20-11-7-4-5-9(17)13(11)18/h2-8H,1H3,(H,19,21)(H,20,22). The summed E-state index contributed by atoms with van der Waals surface area (Å²) in [6.07, 6.45) is 0. The predicted octanol–water partition coefficient (Wildman–Crippen LogP) is 4.44. The number of hydrogen-bond acceptors (Lipinski definition) is 3. The van der Waals surface area contributed by atoms with Gasteiger partial charge in [0.05, 0.1) is 21.4 Å². The summed E-state index contributed by atoms with van der Waals surface area (Å²) in [5.41, 5.74) is 1.08. The molecule has 0 bridgehead atoms. The van der Waals surface area contributed by atoms with E-state index in [1.807, 2.05) is 18.2 Å². The maximum Gasteiger partial charge on any atom is 0.250 e. The number of carbonyl (C=O) groups excluding carboxylic acids is 2. The summed E-state index contributed by atoms with van der Waals surface area (Å²) in [4.78, 5) is 25.9. The second-order valence-electron chi connectivity index (χ2n) is 5.14. The molecule has 1 aliphatic rings. The maximum atomic E-state index is 12.7. The number of anilines is 2. The van der Waals surface area contributed by atoms with Crippen molar-refractivity contribution < 1.29 is 9.59 Å². The van der Waals surface area contributed by atoms with Crippen LogP contribution in [0.25, 0.3) is 0 Å². The van der Waals surface area contributed by atoms with E-state index in [2.05, 4.69) is 10.6 Å². The minimum absolute atomic E-state index is 0.243. The third-order valence-corrected chi connectivity index (χ3v) is 5.69.